The Morgan fingerprint density at radius 2 is 2.00 bits per heavy atom. The van der Waals surface area contributed by atoms with Crippen LogP contribution in [0.2, 0.25) is 0 Å². The Morgan fingerprint density at radius 3 is 2.66 bits per heavy atom. The maximum Gasteiger partial charge on any atom is 0.203 e. The molecular formula is C22H19F2NO3S. The lowest BCUT2D eigenvalue weighted by molar-refractivity contribution is 0.101. The minimum atomic E-state index is -0.828. The smallest absolute Gasteiger partial charge is 0.203 e. The summed E-state index contributed by atoms with van der Waals surface area (Å²) in [6, 6.07) is 2.74. The summed E-state index contributed by atoms with van der Waals surface area (Å²) in [7, 11) is 0. The molecule has 0 saturated heterocycles. The van der Waals surface area contributed by atoms with Crippen molar-refractivity contribution in [3.63, 3.8) is 0 Å². The molecule has 0 amide bonds. The average molecular weight is 415 g/mol. The molecule has 2 aromatic heterocycles. The van der Waals surface area contributed by atoms with Crippen LogP contribution in [0.4, 0.5) is 8.78 Å². The summed E-state index contributed by atoms with van der Waals surface area (Å²) < 4.78 is 32.3. The van der Waals surface area contributed by atoms with E-state index >= 15 is 8.78 Å². The second kappa shape index (κ2) is 6.57. The summed E-state index contributed by atoms with van der Waals surface area (Å²) in [5.41, 5.74) is -0.100. The molecule has 3 aromatic rings. The topological polar surface area (TPSA) is 59.3 Å². The number of hydrogen-bond acceptors (Lipinski definition) is 4. The van der Waals surface area contributed by atoms with Gasteiger partial charge >= 0.3 is 0 Å². The van der Waals surface area contributed by atoms with Crippen molar-refractivity contribution in [1.29, 1.82) is 0 Å². The average Bonchev–Trinajstić information content (AvgIpc) is 3.42. The summed E-state index contributed by atoms with van der Waals surface area (Å²) in [6.07, 6.45) is 4.70. The number of hydrogen-bond donors (Lipinski definition) is 1. The van der Waals surface area contributed by atoms with E-state index in [1.54, 1.807) is 10.6 Å². The first-order valence-corrected chi connectivity index (χ1v) is 10.6. The van der Waals surface area contributed by atoms with Crippen LogP contribution < -0.4 is 5.43 Å². The quantitative estimate of drug-likeness (QED) is 0.618. The van der Waals surface area contributed by atoms with E-state index in [9.17, 15) is 14.7 Å². The molecule has 1 aromatic carbocycles. The van der Waals surface area contributed by atoms with E-state index in [-0.39, 0.29) is 28.1 Å². The SMILES string of the molecule is CC(=O)c1cn(C2CC2)c2c(F)c(-c3cc4c(s3)CCCC4O)cc(F)c2c1=O. The number of rotatable bonds is 3. The molecule has 5 rings (SSSR count). The highest BCUT2D eigenvalue weighted by Crippen LogP contribution is 2.43. The molecule has 2 heterocycles. The highest BCUT2D eigenvalue weighted by atomic mass is 32.1. The van der Waals surface area contributed by atoms with Crippen molar-refractivity contribution in [2.75, 3.05) is 0 Å². The Balaban J connectivity index is 1.81. The van der Waals surface area contributed by atoms with Gasteiger partial charge in [0, 0.05) is 27.6 Å². The van der Waals surface area contributed by atoms with Crippen molar-refractivity contribution in [2.24, 2.45) is 0 Å². The number of pyridine rings is 1. The molecule has 0 radical (unpaired) electrons. The molecule has 150 valence electrons. The maximum atomic E-state index is 15.7. The van der Waals surface area contributed by atoms with Gasteiger partial charge in [-0.05, 0) is 56.7 Å². The number of ketones is 1. The molecule has 2 aliphatic carbocycles. The van der Waals surface area contributed by atoms with Crippen molar-refractivity contribution < 1.29 is 18.7 Å². The molecule has 1 atom stereocenters. The first kappa shape index (κ1) is 18.6. The van der Waals surface area contributed by atoms with Gasteiger partial charge in [-0.25, -0.2) is 8.78 Å². The zero-order valence-electron chi connectivity index (χ0n) is 15.8. The van der Waals surface area contributed by atoms with E-state index < -0.39 is 29.0 Å². The highest BCUT2D eigenvalue weighted by molar-refractivity contribution is 7.15. The molecule has 1 saturated carbocycles. The minimum Gasteiger partial charge on any atom is -0.388 e. The zero-order valence-corrected chi connectivity index (χ0v) is 16.6. The first-order valence-electron chi connectivity index (χ1n) is 9.75. The molecule has 0 spiro atoms. The second-order valence-corrected chi connectivity index (χ2v) is 9.04. The van der Waals surface area contributed by atoms with E-state index in [1.165, 1.54) is 24.5 Å². The van der Waals surface area contributed by atoms with Crippen molar-refractivity contribution in [2.45, 2.75) is 51.2 Å². The van der Waals surface area contributed by atoms with Crippen molar-refractivity contribution in [3.05, 3.63) is 56.2 Å². The van der Waals surface area contributed by atoms with Crippen LogP contribution in [-0.2, 0) is 6.42 Å². The van der Waals surface area contributed by atoms with Crippen molar-refractivity contribution in [3.8, 4) is 10.4 Å². The zero-order chi connectivity index (χ0) is 20.4. The maximum absolute atomic E-state index is 15.7. The Morgan fingerprint density at radius 1 is 1.24 bits per heavy atom. The molecule has 2 aliphatic rings. The number of fused-ring (bicyclic) bond motifs is 2. The normalized spacial score (nSPS) is 18.8. The largest absolute Gasteiger partial charge is 0.388 e. The van der Waals surface area contributed by atoms with Gasteiger partial charge in [-0.15, -0.1) is 11.3 Å². The number of nitrogens with zero attached hydrogens (tertiary/aromatic N) is 1. The van der Waals surface area contributed by atoms with Crippen LogP contribution in [0, 0.1) is 11.6 Å². The number of halogens is 2. The molecule has 1 unspecified atom stereocenters. The molecule has 0 bridgehead atoms. The lowest BCUT2D eigenvalue weighted by Gasteiger charge is -2.16. The van der Waals surface area contributed by atoms with Gasteiger partial charge in [-0.1, -0.05) is 0 Å². The van der Waals surface area contributed by atoms with E-state index in [0.717, 1.165) is 42.2 Å². The fourth-order valence-electron chi connectivity index (χ4n) is 4.20. The van der Waals surface area contributed by atoms with Gasteiger partial charge in [-0.3, -0.25) is 9.59 Å². The Labute approximate surface area is 169 Å². The van der Waals surface area contributed by atoms with Crippen molar-refractivity contribution in [1.82, 2.24) is 4.57 Å². The third kappa shape index (κ3) is 2.87. The number of aromatic nitrogens is 1. The van der Waals surface area contributed by atoms with Gasteiger partial charge in [0.25, 0.3) is 0 Å². The number of carbonyl (C=O) groups is 1. The molecule has 29 heavy (non-hydrogen) atoms. The van der Waals surface area contributed by atoms with Crippen LogP contribution >= 0.6 is 11.3 Å². The summed E-state index contributed by atoms with van der Waals surface area (Å²) in [5, 5.41) is 9.85. The van der Waals surface area contributed by atoms with Crippen molar-refractivity contribution >= 4 is 28.0 Å². The van der Waals surface area contributed by atoms with Gasteiger partial charge in [0.2, 0.25) is 5.43 Å². The molecular weight excluding hydrogens is 396 g/mol. The Kier molecular flexibility index (Phi) is 4.22. The lowest BCUT2D eigenvalue weighted by atomic mass is 9.95. The van der Waals surface area contributed by atoms with E-state index in [4.69, 9.17) is 0 Å². The summed E-state index contributed by atoms with van der Waals surface area (Å²) in [4.78, 5) is 26.1. The van der Waals surface area contributed by atoms with Crippen LogP contribution in [0.15, 0.2) is 23.1 Å². The van der Waals surface area contributed by atoms with E-state index in [0.29, 0.717) is 11.3 Å². The van der Waals surface area contributed by atoms with Gasteiger partial charge in [0.05, 0.1) is 22.6 Å². The minimum absolute atomic E-state index is 0.0429. The standard InChI is InChI=1S/C22H19F2NO3S/c1-10(26)14-9-25(11-5-6-11)21-19(22(14)28)15(23)7-13(20(21)24)18-8-12-16(27)3-2-4-17(12)29-18/h7-9,11,16,27H,2-6H2,1H3. The number of Topliss-reactive ketones (excluding diaryl/α,β-unsaturated/α-hetero) is 1. The molecule has 0 aliphatic heterocycles. The summed E-state index contributed by atoms with van der Waals surface area (Å²) in [6.45, 7) is 1.25. The summed E-state index contributed by atoms with van der Waals surface area (Å²) in [5.74, 6) is -1.95. The first-order chi connectivity index (χ1) is 13.9. The van der Waals surface area contributed by atoms with Crippen LogP contribution in [0.5, 0.6) is 0 Å². The Hall–Kier alpha value is -2.38. The fourth-order valence-corrected chi connectivity index (χ4v) is 5.47. The number of aliphatic hydroxyl groups is 1. The van der Waals surface area contributed by atoms with E-state index in [2.05, 4.69) is 0 Å². The third-order valence-electron chi connectivity index (χ3n) is 5.86. The van der Waals surface area contributed by atoms with E-state index in [1.807, 2.05) is 0 Å². The number of carbonyl (C=O) groups excluding carboxylic acids is 1. The monoisotopic (exact) mass is 415 g/mol. The van der Waals surface area contributed by atoms with Crippen LogP contribution in [-0.4, -0.2) is 15.5 Å². The van der Waals surface area contributed by atoms with Crippen LogP contribution in [0.3, 0.4) is 0 Å². The summed E-state index contributed by atoms with van der Waals surface area (Å²) >= 11 is 1.36. The second-order valence-electron chi connectivity index (χ2n) is 7.91. The Bertz CT molecular complexity index is 1240. The molecule has 7 heteroatoms. The molecule has 4 nitrogen and oxygen atoms in total. The van der Waals surface area contributed by atoms with Crippen LogP contribution in [0.1, 0.15) is 65.6 Å². The number of benzene rings is 1. The predicted molar refractivity (Wildman–Crippen MR) is 108 cm³/mol. The lowest BCUT2D eigenvalue weighted by Crippen LogP contribution is -2.19. The van der Waals surface area contributed by atoms with Gasteiger partial charge in [-0.2, -0.15) is 0 Å². The fraction of sp³-hybridized carbons (Fsp3) is 0.364. The number of aliphatic hydroxyl groups excluding tert-OH is 1. The van der Waals surface area contributed by atoms with Gasteiger partial charge < -0.3 is 9.67 Å². The third-order valence-corrected chi connectivity index (χ3v) is 7.10. The molecule has 1 N–H and O–H groups in total. The van der Waals surface area contributed by atoms with Gasteiger partial charge in [0.1, 0.15) is 5.82 Å². The highest BCUT2D eigenvalue weighted by Gasteiger charge is 2.31. The number of thiophene rings is 1. The van der Waals surface area contributed by atoms with Gasteiger partial charge in [0.15, 0.2) is 11.6 Å². The molecule has 1 fully saturated rings. The van der Waals surface area contributed by atoms with Crippen LogP contribution in [0.25, 0.3) is 21.3 Å². The predicted octanol–water partition coefficient (Wildman–Crippen LogP) is 4.92. The number of aryl methyl sites for hydroxylation is 1.